The van der Waals surface area contributed by atoms with Crippen LogP contribution in [0.4, 0.5) is 5.69 Å². The third kappa shape index (κ3) is 3.71. The number of carbonyl (C=O) groups excluding carboxylic acids is 1. The lowest BCUT2D eigenvalue weighted by Crippen LogP contribution is -2.39. The molecule has 1 aromatic carbocycles. The topological polar surface area (TPSA) is 107 Å². The molecule has 0 radical (unpaired) electrons. The molecule has 0 fully saturated rings. The Kier molecular flexibility index (Phi) is 4.73. The lowest BCUT2D eigenvalue weighted by molar-refractivity contribution is -0.384. The lowest BCUT2D eigenvalue weighted by Gasteiger charge is -2.17. The number of hydrogen-bond acceptors (Lipinski definition) is 5. The monoisotopic (exact) mass is 318 g/mol. The fourth-order valence-corrected chi connectivity index (χ4v) is 1.99. The molecular weight excluding hydrogens is 300 g/mol. The number of nitrogens with one attached hydrogen (secondary N) is 1. The largest absolute Gasteiger partial charge is 0.352 e. The minimum Gasteiger partial charge on any atom is -0.352 e. The lowest BCUT2D eigenvalue weighted by atomic mass is 10.1. The van der Waals surface area contributed by atoms with E-state index in [1.807, 2.05) is 20.8 Å². The molecule has 0 aliphatic carbocycles. The smallest absolute Gasteiger partial charge is 0.271 e. The molecule has 122 valence electrons. The molecule has 0 unspecified atom stereocenters. The van der Waals surface area contributed by atoms with Crippen LogP contribution in [-0.4, -0.2) is 26.4 Å². The number of amides is 1. The molecule has 1 amide bonds. The Morgan fingerprint density at radius 1 is 1.39 bits per heavy atom. The average molecular weight is 318 g/mol. The number of aromatic nitrogens is 2. The first-order valence-electron chi connectivity index (χ1n) is 7.22. The normalized spacial score (nSPS) is 12.3. The van der Waals surface area contributed by atoms with Crippen LogP contribution >= 0.6 is 0 Å². The molecule has 0 aliphatic heterocycles. The van der Waals surface area contributed by atoms with E-state index in [9.17, 15) is 19.7 Å². The SMILES string of the molecule is CC(C)[C@@H](C)NC(=O)Cn1cnc2cc([N+](=O)[O-])ccc2c1=O. The Hall–Kier alpha value is -2.77. The number of carbonyl (C=O) groups is 1. The second kappa shape index (κ2) is 6.55. The van der Waals surface area contributed by atoms with E-state index < -0.39 is 10.5 Å². The van der Waals surface area contributed by atoms with E-state index in [2.05, 4.69) is 10.3 Å². The molecule has 1 atom stereocenters. The van der Waals surface area contributed by atoms with Crippen molar-refractivity contribution in [2.45, 2.75) is 33.4 Å². The van der Waals surface area contributed by atoms with Gasteiger partial charge in [-0.25, -0.2) is 4.98 Å². The number of hydrogen-bond donors (Lipinski definition) is 1. The number of nitrogens with zero attached hydrogens (tertiary/aromatic N) is 3. The van der Waals surface area contributed by atoms with E-state index in [1.165, 1.54) is 29.1 Å². The van der Waals surface area contributed by atoms with Gasteiger partial charge in [-0.15, -0.1) is 0 Å². The second-order valence-corrected chi connectivity index (χ2v) is 5.74. The van der Waals surface area contributed by atoms with Crippen LogP contribution in [0.3, 0.4) is 0 Å². The summed E-state index contributed by atoms with van der Waals surface area (Å²) in [5.74, 6) is 0.00214. The van der Waals surface area contributed by atoms with Crippen molar-refractivity contribution >= 4 is 22.5 Å². The van der Waals surface area contributed by atoms with E-state index in [-0.39, 0.29) is 41.0 Å². The molecule has 1 N–H and O–H groups in total. The van der Waals surface area contributed by atoms with Crippen molar-refractivity contribution in [2.75, 3.05) is 0 Å². The summed E-state index contributed by atoms with van der Waals surface area (Å²) in [5, 5.41) is 13.8. The molecule has 8 nitrogen and oxygen atoms in total. The van der Waals surface area contributed by atoms with Crippen molar-refractivity contribution in [1.82, 2.24) is 14.9 Å². The highest BCUT2D eigenvalue weighted by Crippen LogP contribution is 2.16. The van der Waals surface area contributed by atoms with E-state index in [1.54, 1.807) is 0 Å². The number of nitro groups is 1. The summed E-state index contributed by atoms with van der Waals surface area (Å²) >= 11 is 0. The number of fused-ring (bicyclic) bond motifs is 1. The van der Waals surface area contributed by atoms with E-state index in [0.717, 1.165) is 0 Å². The van der Waals surface area contributed by atoms with Gasteiger partial charge in [-0.2, -0.15) is 0 Å². The van der Waals surface area contributed by atoms with Crippen LogP contribution in [-0.2, 0) is 11.3 Å². The first-order valence-corrected chi connectivity index (χ1v) is 7.22. The van der Waals surface area contributed by atoms with Gasteiger partial charge in [0.2, 0.25) is 5.91 Å². The van der Waals surface area contributed by atoms with Gasteiger partial charge >= 0.3 is 0 Å². The zero-order valence-corrected chi connectivity index (χ0v) is 13.1. The van der Waals surface area contributed by atoms with E-state index in [4.69, 9.17) is 0 Å². The molecule has 0 aliphatic rings. The highest BCUT2D eigenvalue weighted by atomic mass is 16.6. The standard InChI is InChI=1S/C15H18N4O4/c1-9(2)10(3)17-14(20)7-18-8-16-13-6-11(19(22)23)4-5-12(13)15(18)21/h4-6,8-10H,7H2,1-3H3,(H,17,20)/t10-/m1/s1. The Balaban J connectivity index is 2.28. The van der Waals surface area contributed by atoms with Gasteiger partial charge in [-0.1, -0.05) is 13.8 Å². The summed E-state index contributed by atoms with van der Waals surface area (Å²) in [4.78, 5) is 38.5. The summed E-state index contributed by atoms with van der Waals surface area (Å²) in [6.45, 7) is 5.72. The number of benzene rings is 1. The highest BCUT2D eigenvalue weighted by molar-refractivity contribution is 5.80. The molecule has 1 aromatic heterocycles. The maximum atomic E-state index is 12.3. The van der Waals surface area contributed by atoms with Gasteiger partial charge in [0.15, 0.2) is 0 Å². The minimum atomic E-state index is -0.548. The summed E-state index contributed by atoms with van der Waals surface area (Å²) in [5.41, 5.74) is -0.306. The Morgan fingerprint density at radius 3 is 2.70 bits per heavy atom. The Bertz CT molecular complexity index is 813. The summed E-state index contributed by atoms with van der Waals surface area (Å²) in [6, 6.07) is 3.83. The second-order valence-electron chi connectivity index (χ2n) is 5.74. The summed E-state index contributed by atoms with van der Waals surface area (Å²) in [6.07, 6.45) is 1.23. The van der Waals surface area contributed by atoms with Crippen LogP contribution in [0.2, 0.25) is 0 Å². The predicted molar refractivity (Wildman–Crippen MR) is 85.1 cm³/mol. The molecular formula is C15H18N4O4. The zero-order valence-electron chi connectivity index (χ0n) is 13.1. The van der Waals surface area contributed by atoms with Gasteiger partial charge in [0, 0.05) is 18.2 Å². The van der Waals surface area contributed by atoms with Gasteiger partial charge in [-0.3, -0.25) is 24.3 Å². The van der Waals surface area contributed by atoms with Crippen molar-refractivity contribution in [2.24, 2.45) is 5.92 Å². The zero-order chi connectivity index (χ0) is 17.1. The number of nitro benzene ring substituents is 1. The van der Waals surface area contributed by atoms with Crippen LogP contribution in [0.15, 0.2) is 29.3 Å². The minimum absolute atomic E-state index is 0.00531. The van der Waals surface area contributed by atoms with Crippen molar-refractivity contribution in [3.63, 3.8) is 0 Å². The van der Waals surface area contributed by atoms with Gasteiger partial charge in [0.25, 0.3) is 11.2 Å². The molecule has 23 heavy (non-hydrogen) atoms. The average Bonchev–Trinajstić information content (AvgIpc) is 2.49. The molecule has 1 heterocycles. The van der Waals surface area contributed by atoms with Crippen molar-refractivity contribution in [3.05, 3.63) is 45.0 Å². The van der Waals surface area contributed by atoms with Gasteiger partial charge in [-0.05, 0) is 18.9 Å². The fraction of sp³-hybridized carbons (Fsp3) is 0.400. The maximum absolute atomic E-state index is 12.3. The van der Waals surface area contributed by atoms with Crippen LogP contribution in [0.5, 0.6) is 0 Å². The molecule has 0 spiro atoms. The number of rotatable bonds is 5. The molecule has 0 bridgehead atoms. The van der Waals surface area contributed by atoms with Crippen LogP contribution in [0.1, 0.15) is 20.8 Å². The van der Waals surface area contributed by atoms with Crippen LogP contribution < -0.4 is 10.9 Å². The molecule has 2 rings (SSSR count). The summed E-state index contributed by atoms with van der Waals surface area (Å²) in [7, 11) is 0. The third-order valence-electron chi connectivity index (χ3n) is 3.72. The predicted octanol–water partition coefficient (Wildman–Crippen LogP) is 1.47. The molecule has 0 saturated carbocycles. The quantitative estimate of drug-likeness (QED) is 0.663. The Morgan fingerprint density at radius 2 is 2.09 bits per heavy atom. The van der Waals surface area contributed by atoms with Gasteiger partial charge in [0.1, 0.15) is 6.54 Å². The molecule has 2 aromatic rings. The third-order valence-corrected chi connectivity index (χ3v) is 3.72. The fourth-order valence-electron chi connectivity index (χ4n) is 1.99. The first-order chi connectivity index (χ1) is 10.8. The maximum Gasteiger partial charge on any atom is 0.271 e. The van der Waals surface area contributed by atoms with Crippen molar-refractivity contribution < 1.29 is 9.72 Å². The molecule has 0 saturated heterocycles. The van der Waals surface area contributed by atoms with E-state index >= 15 is 0 Å². The number of non-ortho nitro benzene ring substituents is 1. The van der Waals surface area contributed by atoms with Crippen molar-refractivity contribution in [3.8, 4) is 0 Å². The highest BCUT2D eigenvalue weighted by Gasteiger charge is 2.14. The van der Waals surface area contributed by atoms with Gasteiger partial charge in [0.05, 0.1) is 22.2 Å². The first kappa shape index (κ1) is 16.6. The Labute approximate surface area is 132 Å². The molecule has 8 heteroatoms. The van der Waals surface area contributed by atoms with Crippen LogP contribution in [0.25, 0.3) is 10.9 Å². The van der Waals surface area contributed by atoms with E-state index in [0.29, 0.717) is 0 Å². The van der Waals surface area contributed by atoms with Crippen LogP contribution in [0, 0.1) is 16.0 Å². The summed E-state index contributed by atoms with van der Waals surface area (Å²) < 4.78 is 1.19. The van der Waals surface area contributed by atoms with Crippen molar-refractivity contribution in [1.29, 1.82) is 0 Å². The van der Waals surface area contributed by atoms with Gasteiger partial charge < -0.3 is 5.32 Å².